The van der Waals surface area contributed by atoms with Gasteiger partial charge in [0, 0.05) is 17.3 Å². The minimum Gasteiger partial charge on any atom is -0.494 e. The summed E-state index contributed by atoms with van der Waals surface area (Å²) in [6, 6.07) is 6.72. The maximum absolute atomic E-state index is 11.3. The number of nitrogens with zero attached hydrogens (tertiary/aromatic N) is 1. The molecular weight excluding hydrogens is 256 g/mol. The SMILES string of the molecule is COc1cccc2c(N[C@@H](C(=O)O)C(C)C)ccnc12. The number of hydrogen-bond acceptors (Lipinski definition) is 4. The number of aromatic nitrogens is 1. The van der Waals surface area contributed by atoms with Gasteiger partial charge >= 0.3 is 5.97 Å². The number of carboxylic acid groups (broad SMARTS) is 1. The van der Waals surface area contributed by atoms with Gasteiger partial charge in [0.25, 0.3) is 0 Å². The van der Waals surface area contributed by atoms with Crippen LogP contribution in [0.3, 0.4) is 0 Å². The van der Waals surface area contributed by atoms with E-state index in [1.165, 1.54) is 0 Å². The van der Waals surface area contributed by atoms with Crippen molar-refractivity contribution in [2.24, 2.45) is 5.92 Å². The van der Waals surface area contributed by atoms with Crippen molar-refractivity contribution in [3.8, 4) is 5.75 Å². The number of carboxylic acids is 1. The Labute approximate surface area is 117 Å². The second-order valence-corrected chi connectivity index (χ2v) is 4.92. The molecule has 0 bridgehead atoms. The summed E-state index contributed by atoms with van der Waals surface area (Å²) in [5.41, 5.74) is 1.46. The predicted molar refractivity (Wildman–Crippen MR) is 78.2 cm³/mol. The van der Waals surface area contributed by atoms with E-state index in [-0.39, 0.29) is 5.92 Å². The van der Waals surface area contributed by atoms with Crippen LogP contribution in [-0.4, -0.2) is 29.2 Å². The van der Waals surface area contributed by atoms with E-state index in [2.05, 4.69) is 10.3 Å². The van der Waals surface area contributed by atoms with Gasteiger partial charge in [0.1, 0.15) is 17.3 Å². The molecule has 1 atom stereocenters. The highest BCUT2D eigenvalue weighted by atomic mass is 16.5. The Bertz CT molecular complexity index is 626. The minimum atomic E-state index is -0.868. The summed E-state index contributed by atoms with van der Waals surface area (Å²) in [6.07, 6.45) is 1.65. The average Bonchev–Trinajstić information content (AvgIpc) is 2.43. The number of nitrogens with one attached hydrogen (secondary N) is 1. The van der Waals surface area contributed by atoms with Gasteiger partial charge in [-0.3, -0.25) is 4.98 Å². The quantitative estimate of drug-likeness (QED) is 0.877. The number of anilines is 1. The molecule has 5 nitrogen and oxygen atoms in total. The van der Waals surface area contributed by atoms with E-state index in [4.69, 9.17) is 4.74 Å². The first-order chi connectivity index (χ1) is 9.54. The molecule has 2 aromatic rings. The van der Waals surface area contributed by atoms with Gasteiger partial charge in [-0.15, -0.1) is 0 Å². The number of methoxy groups -OCH3 is 1. The molecule has 2 rings (SSSR count). The number of aliphatic carboxylic acids is 1. The normalized spacial score (nSPS) is 12.4. The summed E-state index contributed by atoms with van der Waals surface area (Å²) in [7, 11) is 1.59. The van der Waals surface area contributed by atoms with Crippen molar-refractivity contribution in [2.75, 3.05) is 12.4 Å². The maximum atomic E-state index is 11.3. The second-order valence-electron chi connectivity index (χ2n) is 4.92. The summed E-state index contributed by atoms with van der Waals surface area (Å²) < 4.78 is 5.28. The first-order valence-corrected chi connectivity index (χ1v) is 6.45. The monoisotopic (exact) mass is 274 g/mol. The fourth-order valence-corrected chi connectivity index (χ4v) is 2.12. The van der Waals surface area contributed by atoms with Gasteiger partial charge in [-0.25, -0.2) is 4.79 Å². The van der Waals surface area contributed by atoms with Crippen LogP contribution in [0, 0.1) is 5.92 Å². The van der Waals surface area contributed by atoms with Gasteiger partial charge in [0.05, 0.1) is 7.11 Å². The van der Waals surface area contributed by atoms with Crippen molar-refractivity contribution in [3.05, 3.63) is 30.5 Å². The third-order valence-electron chi connectivity index (χ3n) is 3.20. The molecule has 0 saturated heterocycles. The Kier molecular flexibility index (Phi) is 4.08. The van der Waals surface area contributed by atoms with Gasteiger partial charge in [-0.2, -0.15) is 0 Å². The molecular formula is C15H18N2O3. The lowest BCUT2D eigenvalue weighted by Crippen LogP contribution is -2.34. The molecule has 1 aromatic carbocycles. The zero-order chi connectivity index (χ0) is 14.7. The van der Waals surface area contributed by atoms with Crippen LogP contribution in [0.4, 0.5) is 5.69 Å². The molecule has 0 saturated carbocycles. The number of fused-ring (bicyclic) bond motifs is 1. The van der Waals surface area contributed by atoms with E-state index >= 15 is 0 Å². The molecule has 2 N–H and O–H groups in total. The lowest BCUT2D eigenvalue weighted by molar-refractivity contribution is -0.138. The molecule has 0 aliphatic rings. The molecule has 0 unspecified atom stereocenters. The topological polar surface area (TPSA) is 71.5 Å². The van der Waals surface area contributed by atoms with Crippen LogP contribution in [-0.2, 0) is 4.79 Å². The Balaban J connectivity index is 2.47. The third kappa shape index (κ3) is 2.66. The molecule has 106 valence electrons. The highest BCUT2D eigenvalue weighted by Crippen LogP contribution is 2.29. The summed E-state index contributed by atoms with van der Waals surface area (Å²) in [6.45, 7) is 3.74. The predicted octanol–water partition coefficient (Wildman–Crippen LogP) is 2.76. The lowest BCUT2D eigenvalue weighted by Gasteiger charge is -2.20. The number of benzene rings is 1. The third-order valence-corrected chi connectivity index (χ3v) is 3.20. The van der Waals surface area contributed by atoms with Gasteiger partial charge in [0.2, 0.25) is 0 Å². The highest BCUT2D eigenvalue weighted by molar-refractivity contribution is 5.95. The molecule has 0 radical (unpaired) electrons. The second kappa shape index (κ2) is 5.77. The van der Waals surface area contributed by atoms with Crippen LogP contribution in [0.2, 0.25) is 0 Å². The summed E-state index contributed by atoms with van der Waals surface area (Å²) in [4.78, 5) is 15.6. The Hall–Kier alpha value is -2.30. The van der Waals surface area contributed by atoms with E-state index in [0.717, 1.165) is 11.1 Å². The van der Waals surface area contributed by atoms with Crippen molar-refractivity contribution in [1.29, 1.82) is 0 Å². The maximum Gasteiger partial charge on any atom is 0.326 e. The Morgan fingerprint density at radius 2 is 2.10 bits per heavy atom. The van der Waals surface area contributed by atoms with E-state index in [1.807, 2.05) is 32.0 Å². The number of pyridine rings is 1. The Morgan fingerprint density at radius 3 is 2.70 bits per heavy atom. The van der Waals surface area contributed by atoms with Crippen molar-refractivity contribution >= 4 is 22.6 Å². The standard InChI is InChI=1S/C15H18N2O3/c1-9(2)13(15(18)19)17-11-7-8-16-14-10(11)5-4-6-12(14)20-3/h4-9,13H,1-3H3,(H,16,17)(H,18,19)/t13-/m1/s1. The van der Waals surface area contributed by atoms with Crippen LogP contribution >= 0.6 is 0 Å². The van der Waals surface area contributed by atoms with E-state index in [9.17, 15) is 9.90 Å². The molecule has 0 aliphatic heterocycles. The van der Waals surface area contributed by atoms with Gasteiger partial charge in [0.15, 0.2) is 0 Å². The smallest absolute Gasteiger partial charge is 0.326 e. The zero-order valence-corrected chi connectivity index (χ0v) is 11.8. The molecule has 0 amide bonds. The number of carbonyl (C=O) groups is 1. The average molecular weight is 274 g/mol. The Morgan fingerprint density at radius 1 is 1.35 bits per heavy atom. The van der Waals surface area contributed by atoms with Gasteiger partial charge in [-0.05, 0) is 18.1 Å². The van der Waals surface area contributed by atoms with Crippen LogP contribution in [0.15, 0.2) is 30.5 Å². The zero-order valence-electron chi connectivity index (χ0n) is 11.8. The van der Waals surface area contributed by atoms with Crippen LogP contribution < -0.4 is 10.1 Å². The van der Waals surface area contributed by atoms with Crippen LogP contribution in [0.5, 0.6) is 5.75 Å². The van der Waals surface area contributed by atoms with Crippen LogP contribution in [0.25, 0.3) is 10.9 Å². The number of hydrogen-bond donors (Lipinski definition) is 2. The van der Waals surface area contributed by atoms with Crippen molar-refractivity contribution in [2.45, 2.75) is 19.9 Å². The largest absolute Gasteiger partial charge is 0.494 e. The van der Waals surface area contributed by atoms with Gasteiger partial charge < -0.3 is 15.2 Å². The lowest BCUT2D eigenvalue weighted by atomic mass is 10.0. The number of rotatable bonds is 5. The van der Waals surface area contributed by atoms with Crippen molar-refractivity contribution in [1.82, 2.24) is 4.98 Å². The summed E-state index contributed by atoms with van der Waals surface area (Å²) in [5.74, 6) is -0.225. The first-order valence-electron chi connectivity index (χ1n) is 6.45. The van der Waals surface area contributed by atoms with Crippen LogP contribution in [0.1, 0.15) is 13.8 Å². The summed E-state index contributed by atoms with van der Waals surface area (Å²) in [5, 5.41) is 13.2. The van der Waals surface area contributed by atoms with E-state index in [0.29, 0.717) is 11.3 Å². The molecule has 1 heterocycles. The molecule has 5 heteroatoms. The molecule has 0 aliphatic carbocycles. The van der Waals surface area contributed by atoms with Crippen molar-refractivity contribution in [3.63, 3.8) is 0 Å². The van der Waals surface area contributed by atoms with E-state index < -0.39 is 12.0 Å². The van der Waals surface area contributed by atoms with E-state index in [1.54, 1.807) is 19.4 Å². The number of ether oxygens (including phenoxy) is 1. The fourth-order valence-electron chi connectivity index (χ4n) is 2.12. The molecule has 1 aromatic heterocycles. The number of para-hydroxylation sites is 1. The minimum absolute atomic E-state index is 0.0266. The first kappa shape index (κ1) is 14.1. The molecule has 0 fully saturated rings. The summed E-state index contributed by atoms with van der Waals surface area (Å²) >= 11 is 0. The highest BCUT2D eigenvalue weighted by Gasteiger charge is 2.22. The van der Waals surface area contributed by atoms with Gasteiger partial charge in [-0.1, -0.05) is 26.0 Å². The molecule has 0 spiro atoms. The van der Waals surface area contributed by atoms with Crippen molar-refractivity contribution < 1.29 is 14.6 Å². The molecule has 20 heavy (non-hydrogen) atoms. The fraction of sp³-hybridized carbons (Fsp3) is 0.333.